The molecule has 1 aliphatic rings. The number of amides is 2. The maximum Gasteiger partial charge on any atom is 0.410 e. The highest BCUT2D eigenvalue weighted by Gasteiger charge is 2.31. The van der Waals surface area contributed by atoms with Crippen LogP contribution in [0.5, 0.6) is 0 Å². The SMILES string of the molecule is Cn1nc(C(=O)NCCO)c2c1CCN(C(=O)OC(C)(C)C)C2. The number of fused-ring (bicyclic) bond motifs is 1. The summed E-state index contributed by atoms with van der Waals surface area (Å²) in [6.45, 7) is 6.30. The first-order chi connectivity index (χ1) is 10.7. The topological polar surface area (TPSA) is 96.7 Å². The molecule has 0 aromatic carbocycles. The molecule has 1 aromatic heterocycles. The lowest BCUT2D eigenvalue weighted by Crippen LogP contribution is -2.40. The van der Waals surface area contributed by atoms with Crippen LogP contribution in [-0.4, -0.2) is 57.1 Å². The average molecular weight is 324 g/mol. The van der Waals surface area contributed by atoms with Crippen molar-refractivity contribution in [3.8, 4) is 0 Å². The Hall–Kier alpha value is -2.09. The van der Waals surface area contributed by atoms with E-state index in [2.05, 4.69) is 10.4 Å². The molecule has 0 aliphatic carbocycles. The van der Waals surface area contributed by atoms with Gasteiger partial charge >= 0.3 is 6.09 Å². The first-order valence-electron chi connectivity index (χ1n) is 7.64. The molecule has 2 rings (SSSR count). The summed E-state index contributed by atoms with van der Waals surface area (Å²) in [5.74, 6) is -0.345. The predicted octanol–water partition coefficient (Wildman–Crippen LogP) is 0.435. The molecule has 0 saturated carbocycles. The molecule has 2 heterocycles. The number of nitrogens with one attached hydrogen (secondary N) is 1. The summed E-state index contributed by atoms with van der Waals surface area (Å²) in [4.78, 5) is 26.0. The molecule has 2 N–H and O–H groups in total. The van der Waals surface area contributed by atoms with Crippen molar-refractivity contribution in [2.24, 2.45) is 7.05 Å². The Bertz CT molecular complexity index is 603. The number of carbonyl (C=O) groups is 2. The van der Waals surface area contributed by atoms with Gasteiger partial charge in [-0.15, -0.1) is 0 Å². The number of carbonyl (C=O) groups excluding carboxylic acids is 2. The fraction of sp³-hybridized carbons (Fsp3) is 0.667. The Kier molecular flexibility index (Phi) is 4.93. The van der Waals surface area contributed by atoms with E-state index in [0.717, 1.165) is 11.3 Å². The van der Waals surface area contributed by atoms with E-state index < -0.39 is 11.7 Å². The first kappa shape index (κ1) is 17.3. The summed E-state index contributed by atoms with van der Waals surface area (Å²) in [5.41, 5.74) is 1.41. The molecule has 0 spiro atoms. The molecular formula is C15H24N4O4. The molecular weight excluding hydrogens is 300 g/mol. The largest absolute Gasteiger partial charge is 0.444 e. The van der Waals surface area contributed by atoms with E-state index in [1.807, 2.05) is 20.8 Å². The quantitative estimate of drug-likeness (QED) is 0.841. The van der Waals surface area contributed by atoms with E-state index in [-0.39, 0.29) is 19.1 Å². The summed E-state index contributed by atoms with van der Waals surface area (Å²) in [6, 6.07) is 0. The van der Waals surface area contributed by atoms with E-state index in [1.54, 1.807) is 16.6 Å². The minimum absolute atomic E-state index is 0.134. The number of aliphatic hydroxyl groups is 1. The number of ether oxygens (including phenoxy) is 1. The lowest BCUT2D eigenvalue weighted by Gasteiger charge is -2.30. The molecule has 128 valence electrons. The Morgan fingerprint density at radius 1 is 1.39 bits per heavy atom. The van der Waals surface area contributed by atoms with Gasteiger partial charge in [0.1, 0.15) is 5.60 Å². The maximum absolute atomic E-state index is 12.2. The van der Waals surface area contributed by atoms with E-state index in [9.17, 15) is 9.59 Å². The Labute approximate surface area is 135 Å². The van der Waals surface area contributed by atoms with Crippen LogP contribution < -0.4 is 5.32 Å². The van der Waals surface area contributed by atoms with Gasteiger partial charge in [-0.05, 0) is 20.8 Å². The minimum Gasteiger partial charge on any atom is -0.444 e. The zero-order valence-electron chi connectivity index (χ0n) is 14.0. The fourth-order valence-corrected chi connectivity index (χ4v) is 2.51. The van der Waals surface area contributed by atoms with Crippen LogP contribution in [0.25, 0.3) is 0 Å². The Balaban J connectivity index is 2.18. The molecule has 1 aromatic rings. The number of hydrogen-bond acceptors (Lipinski definition) is 5. The molecule has 0 atom stereocenters. The van der Waals surface area contributed by atoms with E-state index >= 15 is 0 Å². The van der Waals surface area contributed by atoms with Gasteiger partial charge in [-0.2, -0.15) is 5.10 Å². The second-order valence-electron chi connectivity index (χ2n) is 6.53. The highest BCUT2D eigenvalue weighted by molar-refractivity contribution is 5.94. The van der Waals surface area contributed by atoms with Gasteiger partial charge in [-0.25, -0.2) is 4.79 Å². The molecule has 23 heavy (non-hydrogen) atoms. The smallest absolute Gasteiger partial charge is 0.410 e. The van der Waals surface area contributed by atoms with Gasteiger partial charge in [0, 0.05) is 37.8 Å². The lowest BCUT2D eigenvalue weighted by atomic mass is 10.1. The molecule has 8 heteroatoms. The van der Waals surface area contributed by atoms with Crippen molar-refractivity contribution in [1.82, 2.24) is 20.0 Å². The molecule has 0 fully saturated rings. The summed E-state index contributed by atoms with van der Waals surface area (Å²) in [6.07, 6.45) is 0.222. The normalized spacial score (nSPS) is 14.4. The van der Waals surface area contributed by atoms with Crippen molar-refractivity contribution in [1.29, 1.82) is 0 Å². The van der Waals surface area contributed by atoms with Gasteiger partial charge in [0.05, 0.1) is 13.2 Å². The fourth-order valence-electron chi connectivity index (χ4n) is 2.51. The maximum atomic E-state index is 12.2. The van der Waals surface area contributed by atoms with Crippen molar-refractivity contribution < 1.29 is 19.4 Å². The van der Waals surface area contributed by atoms with Gasteiger partial charge in [0.2, 0.25) is 0 Å². The van der Waals surface area contributed by atoms with Gasteiger partial charge in [0.15, 0.2) is 5.69 Å². The molecule has 1 aliphatic heterocycles. The van der Waals surface area contributed by atoms with Crippen LogP contribution in [0.2, 0.25) is 0 Å². The first-order valence-corrected chi connectivity index (χ1v) is 7.64. The van der Waals surface area contributed by atoms with E-state index in [1.165, 1.54) is 0 Å². The van der Waals surface area contributed by atoms with E-state index in [0.29, 0.717) is 25.2 Å². The summed E-state index contributed by atoms with van der Waals surface area (Å²) in [5, 5.41) is 15.7. The molecule has 0 radical (unpaired) electrons. The van der Waals surface area contributed by atoms with Gasteiger partial charge < -0.3 is 20.1 Å². The van der Waals surface area contributed by atoms with Crippen LogP contribution in [0.1, 0.15) is 42.5 Å². The second-order valence-corrected chi connectivity index (χ2v) is 6.53. The van der Waals surface area contributed by atoms with Crippen LogP contribution in [0, 0.1) is 0 Å². The van der Waals surface area contributed by atoms with Crippen LogP contribution in [-0.2, 0) is 24.8 Å². The third-order valence-corrected chi connectivity index (χ3v) is 3.51. The Morgan fingerprint density at radius 2 is 2.09 bits per heavy atom. The summed E-state index contributed by atoms with van der Waals surface area (Å²) in [7, 11) is 1.78. The highest BCUT2D eigenvalue weighted by Crippen LogP contribution is 2.23. The number of hydrogen-bond donors (Lipinski definition) is 2. The average Bonchev–Trinajstić information content (AvgIpc) is 2.80. The van der Waals surface area contributed by atoms with Crippen LogP contribution in [0.15, 0.2) is 0 Å². The van der Waals surface area contributed by atoms with Gasteiger partial charge in [0.25, 0.3) is 5.91 Å². The molecule has 0 bridgehead atoms. The zero-order valence-corrected chi connectivity index (χ0v) is 14.0. The monoisotopic (exact) mass is 324 g/mol. The van der Waals surface area contributed by atoms with Crippen LogP contribution >= 0.6 is 0 Å². The van der Waals surface area contributed by atoms with Crippen molar-refractivity contribution in [3.63, 3.8) is 0 Å². The third-order valence-electron chi connectivity index (χ3n) is 3.51. The third kappa shape index (κ3) is 4.01. The number of nitrogens with zero attached hydrogens (tertiary/aromatic N) is 3. The van der Waals surface area contributed by atoms with Crippen LogP contribution in [0.3, 0.4) is 0 Å². The Morgan fingerprint density at radius 3 is 2.70 bits per heavy atom. The van der Waals surface area contributed by atoms with E-state index in [4.69, 9.17) is 9.84 Å². The van der Waals surface area contributed by atoms with Crippen LogP contribution in [0.4, 0.5) is 4.79 Å². The number of aryl methyl sites for hydroxylation is 1. The number of aromatic nitrogens is 2. The number of aliphatic hydroxyl groups excluding tert-OH is 1. The minimum atomic E-state index is -0.562. The van der Waals surface area contributed by atoms with Crippen molar-refractivity contribution in [2.45, 2.75) is 39.3 Å². The second kappa shape index (κ2) is 6.57. The van der Waals surface area contributed by atoms with Crippen molar-refractivity contribution in [2.75, 3.05) is 19.7 Å². The van der Waals surface area contributed by atoms with Crippen molar-refractivity contribution in [3.05, 3.63) is 17.0 Å². The summed E-state index contributed by atoms with van der Waals surface area (Å²) < 4.78 is 7.07. The van der Waals surface area contributed by atoms with Crippen molar-refractivity contribution >= 4 is 12.0 Å². The standard InChI is InChI=1S/C15H24N4O4/c1-15(2,3)23-14(22)19-7-5-11-10(9-19)12(17-18(11)4)13(21)16-6-8-20/h20H,5-9H2,1-4H3,(H,16,21). The molecule has 2 amide bonds. The predicted molar refractivity (Wildman–Crippen MR) is 83.0 cm³/mol. The summed E-state index contributed by atoms with van der Waals surface area (Å²) >= 11 is 0. The lowest BCUT2D eigenvalue weighted by molar-refractivity contribution is 0.0221. The highest BCUT2D eigenvalue weighted by atomic mass is 16.6. The molecule has 0 saturated heterocycles. The number of rotatable bonds is 3. The zero-order chi connectivity index (χ0) is 17.2. The van der Waals surface area contributed by atoms with Gasteiger partial charge in [-0.1, -0.05) is 0 Å². The molecule has 8 nitrogen and oxygen atoms in total. The molecule has 0 unspecified atom stereocenters. The van der Waals surface area contributed by atoms with Gasteiger partial charge in [-0.3, -0.25) is 9.48 Å².